The number of fused-ring (bicyclic) bond motifs is 1. The molecule has 0 saturated heterocycles. The highest BCUT2D eigenvalue weighted by atomic mass is 35.5. The lowest BCUT2D eigenvalue weighted by atomic mass is 9.98. The predicted octanol–water partition coefficient (Wildman–Crippen LogP) is 6.12. The summed E-state index contributed by atoms with van der Waals surface area (Å²) in [6.07, 6.45) is 3.96. The molecule has 2 aromatic heterocycles. The third kappa shape index (κ3) is 3.47. The quantitative estimate of drug-likeness (QED) is 0.376. The SMILES string of the molecule is COCOc1cc(Cl)c(C2CC2)c(-c2cc3cc(Cl)nc(Cl)c3cn2)c1. The fourth-order valence-electron chi connectivity index (χ4n) is 3.03. The van der Waals surface area contributed by atoms with Gasteiger partial charge in [0.05, 0.1) is 5.69 Å². The average molecular weight is 410 g/mol. The molecule has 0 amide bonds. The van der Waals surface area contributed by atoms with Crippen molar-refractivity contribution in [1.29, 1.82) is 0 Å². The summed E-state index contributed by atoms with van der Waals surface area (Å²) in [6.45, 7) is 0.153. The molecule has 0 radical (unpaired) electrons. The van der Waals surface area contributed by atoms with Crippen molar-refractivity contribution in [2.75, 3.05) is 13.9 Å². The van der Waals surface area contributed by atoms with E-state index in [2.05, 4.69) is 9.97 Å². The summed E-state index contributed by atoms with van der Waals surface area (Å²) in [5.41, 5.74) is 2.86. The number of aromatic nitrogens is 2. The van der Waals surface area contributed by atoms with Crippen molar-refractivity contribution in [3.05, 3.63) is 51.4 Å². The van der Waals surface area contributed by atoms with E-state index in [0.717, 1.165) is 40.4 Å². The first-order valence-corrected chi connectivity index (χ1v) is 9.27. The van der Waals surface area contributed by atoms with Gasteiger partial charge < -0.3 is 9.47 Å². The van der Waals surface area contributed by atoms with Crippen molar-refractivity contribution < 1.29 is 9.47 Å². The number of hydrogen-bond donors (Lipinski definition) is 0. The van der Waals surface area contributed by atoms with E-state index in [-0.39, 0.29) is 6.79 Å². The molecule has 0 aliphatic heterocycles. The monoisotopic (exact) mass is 408 g/mol. The summed E-state index contributed by atoms with van der Waals surface area (Å²) in [6, 6.07) is 7.51. The summed E-state index contributed by atoms with van der Waals surface area (Å²) in [4.78, 5) is 8.65. The molecule has 4 rings (SSSR count). The standard InChI is InChI=1S/C19H15Cl3N2O2/c1-25-9-26-12-6-13(18(10-2-3-10)15(20)7-12)16-4-11-5-17(21)24-19(22)14(11)8-23-16/h4-8,10H,2-3,9H2,1H3. The fourth-order valence-corrected chi connectivity index (χ4v) is 3.88. The van der Waals surface area contributed by atoms with Crippen LogP contribution in [0, 0.1) is 0 Å². The minimum absolute atomic E-state index is 0.153. The van der Waals surface area contributed by atoms with E-state index in [1.54, 1.807) is 19.4 Å². The van der Waals surface area contributed by atoms with Gasteiger partial charge in [0.15, 0.2) is 6.79 Å². The molecule has 3 aromatic rings. The van der Waals surface area contributed by atoms with Crippen LogP contribution in [0.25, 0.3) is 22.0 Å². The maximum atomic E-state index is 6.57. The zero-order valence-electron chi connectivity index (χ0n) is 13.9. The molecule has 2 heterocycles. The number of rotatable bonds is 5. The van der Waals surface area contributed by atoms with Crippen LogP contribution in [-0.2, 0) is 4.74 Å². The number of pyridine rings is 2. The third-order valence-corrected chi connectivity index (χ3v) is 5.14. The number of hydrogen-bond acceptors (Lipinski definition) is 4. The highest BCUT2D eigenvalue weighted by Crippen LogP contribution is 2.49. The van der Waals surface area contributed by atoms with Crippen LogP contribution in [-0.4, -0.2) is 23.9 Å². The van der Waals surface area contributed by atoms with Crippen LogP contribution < -0.4 is 4.74 Å². The molecule has 1 aromatic carbocycles. The molecule has 1 aliphatic carbocycles. The van der Waals surface area contributed by atoms with Crippen LogP contribution in [0.5, 0.6) is 5.75 Å². The van der Waals surface area contributed by atoms with E-state index in [9.17, 15) is 0 Å². The molecule has 0 bridgehead atoms. The number of halogens is 3. The Morgan fingerprint density at radius 2 is 1.92 bits per heavy atom. The zero-order valence-corrected chi connectivity index (χ0v) is 16.2. The molecule has 0 atom stereocenters. The second kappa shape index (κ2) is 7.20. The molecule has 0 N–H and O–H groups in total. The van der Waals surface area contributed by atoms with E-state index in [1.165, 1.54) is 0 Å². The Kier molecular flexibility index (Phi) is 4.93. The van der Waals surface area contributed by atoms with Gasteiger partial charge in [0.1, 0.15) is 16.1 Å². The van der Waals surface area contributed by atoms with E-state index >= 15 is 0 Å². The second-order valence-corrected chi connectivity index (χ2v) is 7.37. The fraction of sp³-hybridized carbons (Fsp3) is 0.263. The third-order valence-electron chi connectivity index (χ3n) is 4.35. The largest absolute Gasteiger partial charge is 0.467 e. The van der Waals surface area contributed by atoms with Crippen molar-refractivity contribution in [2.24, 2.45) is 0 Å². The molecule has 0 unspecified atom stereocenters. The van der Waals surface area contributed by atoms with Gasteiger partial charge in [0.25, 0.3) is 0 Å². The summed E-state index contributed by atoms with van der Waals surface area (Å²) in [5, 5.41) is 3.00. The van der Waals surface area contributed by atoms with Crippen LogP contribution in [0.1, 0.15) is 24.3 Å². The molecule has 4 nitrogen and oxygen atoms in total. The molecule has 1 fully saturated rings. The number of methoxy groups -OCH3 is 1. The first-order valence-electron chi connectivity index (χ1n) is 8.14. The maximum absolute atomic E-state index is 6.57. The lowest BCUT2D eigenvalue weighted by Gasteiger charge is -2.14. The van der Waals surface area contributed by atoms with Gasteiger partial charge in [-0.3, -0.25) is 4.98 Å². The Labute approximate surface area is 166 Å². The Morgan fingerprint density at radius 1 is 1.12 bits per heavy atom. The Bertz CT molecular complexity index is 990. The van der Waals surface area contributed by atoms with Gasteiger partial charge in [-0.15, -0.1) is 0 Å². The van der Waals surface area contributed by atoms with Crippen molar-refractivity contribution in [1.82, 2.24) is 9.97 Å². The first-order chi connectivity index (χ1) is 12.6. The predicted molar refractivity (Wildman–Crippen MR) is 104 cm³/mol. The maximum Gasteiger partial charge on any atom is 0.188 e. The van der Waals surface area contributed by atoms with Gasteiger partial charge >= 0.3 is 0 Å². The van der Waals surface area contributed by atoms with E-state index in [4.69, 9.17) is 44.3 Å². The van der Waals surface area contributed by atoms with Crippen LogP contribution in [0.3, 0.4) is 0 Å². The molecule has 1 aliphatic rings. The van der Waals surface area contributed by atoms with Crippen molar-refractivity contribution in [2.45, 2.75) is 18.8 Å². The Morgan fingerprint density at radius 3 is 2.65 bits per heavy atom. The number of nitrogens with zero attached hydrogens (tertiary/aromatic N) is 2. The smallest absolute Gasteiger partial charge is 0.188 e. The van der Waals surface area contributed by atoms with Crippen molar-refractivity contribution >= 4 is 45.6 Å². The van der Waals surface area contributed by atoms with Gasteiger partial charge in [0, 0.05) is 29.3 Å². The molecule has 0 spiro atoms. The number of benzene rings is 1. The van der Waals surface area contributed by atoms with Crippen LogP contribution in [0.2, 0.25) is 15.3 Å². The van der Waals surface area contributed by atoms with Gasteiger partial charge in [-0.05, 0) is 54.0 Å². The Balaban J connectivity index is 1.87. The van der Waals surface area contributed by atoms with Crippen molar-refractivity contribution in [3.8, 4) is 17.0 Å². The second-order valence-electron chi connectivity index (χ2n) is 6.22. The van der Waals surface area contributed by atoms with E-state index < -0.39 is 0 Å². The van der Waals surface area contributed by atoms with Gasteiger partial charge in [-0.1, -0.05) is 34.8 Å². The lowest BCUT2D eigenvalue weighted by Crippen LogP contribution is -2.01. The summed E-state index contributed by atoms with van der Waals surface area (Å²) in [5.74, 6) is 1.10. The number of ether oxygens (including phenoxy) is 2. The van der Waals surface area contributed by atoms with Crippen LogP contribution >= 0.6 is 34.8 Å². The van der Waals surface area contributed by atoms with Crippen LogP contribution in [0.4, 0.5) is 0 Å². The van der Waals surface area contributed by atoms with Crippen molar-refractivity contribution in [3.63, 3.8) is 0 Å². The molecule has 1 saturated carbocycles. The average Bonchev–Trinajstić information content (AvgIpc) is 3.43. The van der Waals surface area contributed by atoms with Gasteiger partial charge in [-0.25, -0.2) is 4.98 Å². The highest BCUT2D eigenvalue weighted by molar-refractivity contribution is 6.36. The van der Waals surface area contributed by atoms with E-state index in [1.807, 2.05) is 18.2 Å². The topological polar surface area (TPSA) is 44.2 Å². The van der Waals surface area contributed by atoms with Crippen LogP contribution in [0.15, 0.2) is 30.5 Å². The van der Waals surface area contributed by atoms with Gasteiger partial charge in [0.2, 0.25) is 0 Å². The lowest BCUT2D eigenvalue weighted by molar-refractivity contribution is 0.0511. The Hall–Kier alpha value is -1.59. The molecular weight excluding hydrogens is 395 g/mol. The minimum Gasteiger partial charge on any atom is -0.467 e. The normalized spacial score (nSPS) is 14.0. The molecule has 7 heteroatoms. The molecule has 26 heavy (non-hydrogen) atoms. The van der Waals surface area contributed by atoms with Gasteiger partial charge in [-0.2, -0.15) is 0 Å². The summed E-state index contributed by atoms with van der Waals surface area (Å²) >= 11 is 18.8. The summed E-state index contributed by atoms with van der Waals surface area (Å²) < 4.78 is 10.6. The minimum atomic E-state index is 0.153. The summed E-state index contributed by atoms with van der Waals surface area (Å²) in [7, 11) is 1.58. The molecular formula is C19H15Cl3N2O2. The molecule has 134 valence electrons. The highest BCUT2D eigenvalue weighted by Gasteiger charge is 2.30. The zero-order chi connectivity index (χ0) is 18.3. The van der Waals surface area contributed by atoms with E-state index in [0.29, 0.717) is 27.0 Å². The first kappa shape index (κ1) is 17.8.